The molecule has 5 nitrogen and oxygen atoms in total. The Morgan fingerprint density at radius 1 is 1.37 bits per heavy atom. The normalized spacial score (nSPS) is 10.9. The van der Waals surface area contributed by atoms with Crippen LogP contribution in [0.3, 0.4) is 0 Å². The Morgan fingerprint density at radius 2 is 2.16 bits per heavy atom. The molecule has 0 atom stereocenters. The second kappa shape index (κ2) is 5.43. The molecule has 0 radical (unpaired) electrons. The fraction of sp³-hybridized carbons (Fsp3) is 0.154. The Bertz CT molecular complexity index is 601. The standard InChI is InChI=1S/C13H13FN4O/c1-9-5-10(13(19)11(14)6-9)7-17-18(2)12-8-15-3-4-16-12/h3-8,19H,1-2H3/b17-7+. The van der Waals surface area contributed by atoms with Crippen molar-refractivity contribution in [1.82, 2.24) is 9.97 Å². The minimum absolute atomic E-state index is 0.313. The molecule has 1 aromatic carbocycles. The van der Waals surface area contributed by atoms with Gasteiger partial charge in [-0.3, -0.25) is 4.98 Å². The van der Waals surface area contributed by atoms with Crippen molar-refractivity contribution < 1.29 is 9.50 Å². The van der Waals surface area contributed by atoms with Crippen LogP contribution in [0.15, 0.2) is 35.8 Å². The number of hydrogen-bond acceptors (Lipinski definition) is 5. The highest BCUT2D eigenvalue weighted by molar-refractivity contribution is 5.84. The van der Waals surface area contributed by atoms with Crippen LogP contribution in [0.2, 0.25) is 0 Å². The quantitative estimate of drug-likeness (QED) is 0.678. The molecule has 19 heavy (non-hydrogen) atoms. The molecule has 2 aromatic rings. The van der Waals surface area contributed by atoms with Crippen molar-refractivity contribution in [3.8, 4) is 5.75 Å². The van der Waals surface area contributed by atoms with Gasteiger partial charge in [-0.1, -0.05) is 0 Å². The molecule has 0 saturated carbocycles. The Balaban J connectivity index is 2.24. The van der Waals surface area contributed by atoms with Crippen molar-refractivity contribution in [3.05, 3.63) is 47.7 Å². The number of benzene rings is 1. The Morgan fingerprint density at radius 3 is 2.84 bits per heavy atom. The van der Waals surface area contributed by atoms with Gasteiger partial charge in [0.25, 0.3) is 0 Å². The molecule has 1 heterocycles. The average molecular weight is 260 g/mol. The van der Waals surface area contributed by atoms with Crippen LogP contribution in [0.25, 0.3) is 0 Å². The van der Waals surface area contributed by atoms with Crippen molar-refractivity contribution in [1.29, 1.82) is 0 Å². The zero-order valence-corrected chi connectivity index (χ0v) is 10.6. The summed E-state index contributed by atoms with van der Waals surface area (Å²) >= 11 is 0. The van der Waals surface area contributed by atoms with Gasteiger partial charge in [-0.15, -0.1) is 0 Å². The van der Waals surface area contributed by atoms with E-state index < -0.39 is 11.6 Å². The summed E-state index contributed by atoms with van der Waals surface area (Å²) in [7, 11) is 1.68. The molecule has 6 heteroatoms. The largest absolute Gasteiger partial charge is 0.504 e. The van der Waals surface area contributed by atoms with Crippen LogP contribution in [-0.2, 0) is 0 Å². The summed E-state index contributed by atoms with van der Waals surface area (Å²) in [6.45, 7) is 1.74. The van der Waals surface area contributed by atoms with Crippen LogP contribution in [0.5, 0.6) is 5.75 Å². The van der Waals surface area contributed by atoms with Gasteiger partial charge in [0.05, 0.1) is 12.4 Å². The van der Waals surface area contributed by atoms with E-state index in [0.29, 0.717) is 16.9 Å². The van der Waals surface area contributed by atoms with E-state index >= 15 is 0 Å². The van der Waals surface area contributed by atoms with E-state index in [4.69, 9.17) is 0 Å². The molecular weight excluding hydrogens is 247 g/mol. The first-order valence-electron chi connectivity index (χ1n) is 5.61. The minimum Gasteiger partial charge on any atom is -0.504 e. The maximum atomic E-state index is 13.3. The lowest BCUT2D eigenvalue weighted by Gasteiger charge is -2.10. The van der Waals surface area contributed by atoms with E-state index in [-0.39, 0.29) is 0 Å². The SMILES string of the molecule is Cc1cc(F)c(O)c(/C=N/N(C)c2cnccn2)c1. The molecule has 0 unspecified atom stereocenters. The Labute approximate surface area is 110 Å². The van der Waals surface area contributed by atoms with E-state index in [1.807, 2.05) is 0 Å². The third kappa shape index (κ3) is 3.04. The molecular formula is C13H13FN4O. The topological polar surface area (TPSA) is 61.6 Å². The Hall–Kier alpha value is -2.50. The number of rotatable bonds is 3. The molecule has 2 rings (SSSR count). The smallest absolute Gasteiger partial charge is 0.167 e. The highest BCUT2D eigenvalue weighted by Gasteiger charge is 2.07. The molecule has 1 aromatic heterocycles. The van der Waals surface area contributed by atoms with E-state index in [1.54, 1.807) is 38.6 Å². The fourth-order valence-corrected chi connectivity index (χ4v) is 1.53. The predicted octanol–water partition coefficient (Wildman–Crippen LogP) is 2.10. The van der Waals surface area contributed by atoms with Crippen molar-refractivity contribution in [2.24, 2.45) is 5.10 Å². The van der Waals surface area contributed by atoms with Gasteiger partial charge >= 0.3 is 0 Å². The number of nitrogens with zero attached hydrogens (tertiary/aromatic N) is 4. The van der Waals surface area contributed by atoms with Gasteiger partial charge in [-0.25, -0.2) is 14.4 Å². The number of anilines is 1. The second-order valence-corrected chi connectivity index (χ2v) is 4.02. The number of aromatic nitrogens is 2. The first-order chi connectivity index (χ1) is 9.08. The number of aryl methyl sites for hydroxylation is 1. The lowest BCUT2D eigenvalue weighted by atomic mass is 10.1. The van der Waals surface area contributed by atoms with Crippen LogP contribution in [0.1, 0.15) is 11.1 Å². The molecule has 0 aliphatic heterocycles. The van der Waals surface area contributed by atoms with E-state index in [2.05, 4.69) is 15.1 Å². The highest BCUT2D eigenvalue weighted by atomic mass is 19.1. The Kier molecular flexibility index (Phi) is 3.70. The molecule has 1 N–H and O–H groups in total. The van der Waals surface area contributed by atoms with Crippen LogP contribution in [0.4, 0.5) is 10.2 Å². The molecule has 0 spiro atoms. The first-order valence-corrected chi connectivity index (χ1v) is 5.61. The summed E-state index contributed by atoms with van der Waals surface area (Å²) < 4.78 is 13.3. The summed E-state index contributed by atoms with van der Waals surface area (Å²) in [5.41, 5.74) is 1.02. The zero-order valence-electron chi connectivity index (χ0n) is 10.6. The monoisotopic (exact) mass is 260 g/mol. The van der Waals surface area contributed by atoms with Crippen molar-refractivity contribution in [2.75, 3.05) is 12.1 Å². The number of hydrogen-bond donors (Lipinski definition) is 1. The number of halogens is 1. The van der Waals surface area contributed by atoms with Crippen molar-refractivity contribution >= 4 is 12.0 Å². The molecule has 0 bridgehead atoms. The number of phenols is 1. The summed E-state index contributed by atoms with van der Waals surface area (Å²) in [5, 5.41) is 15.2. The van der Waals surface area contributed by atoms with Crippen molar-refractivity contribution in [3.63, 3.8) is 0 Å². The number of hydrazone groups is 1. The fourth-order valence-electron chi connectivity index (χ4n) is 1.53. The second-order valence-electron chi connectivity index (χ2n) is 4.02. The van der Waals surface area contributed by atoms with Crippen molar-refractivity contribution in [2.45, 2.75) is 6.92 Å². The van der Waals surface area contributed by atoms with Gasteiger partial charge in [-0.2, -0.15) is 5.10 Å². The van der Waals surface area contributed by atoms with E-state index in [0.717, 1.165) is 0 Å². The van der Waals surface area contributed by atoms with E-state index in [9.17, 15) is 9.50 Å². The molecule has 98 valence electrons. The maximum Gasteiger partial charge on any atom is 0.167 e. The predicted molar refractivity (Wildman–Crippen MR) is 70.8 cm³/mol. The summed E-state index contributed by atoms with van der Waals surface area (Å²) in [5.74, 6) is -0.531. The highest BCUT2D eigenvalue weighted by Crippen LogP contribution is 2.21. The van der Waals surface area contributed by atoms with E-state index in [1.165, 1.54) is 17.3 Å². The summed E-state index contributed by atoms with van der Waals surface area (Å²) in [4.78, 5) is 7.98. The summed E-state index contributed by atoms with van der Waals surface area (Å²) in [6.07, 6.45) is 6.03. The zero-order chi connectivity index (χ0) is 13.8. The van der Waals surface area contributed by atoms with Gasteiger partial charge in [-0.05, 0) is 24.6 Å². The van der Waals surface area contributed by atoms with Gasteiger partial charge in [0.2, 0.25) is 0 Å². The van der Waals surface area contributed by atoms with Crippen LogP contribution >= 0.6 is 0 Å². The molecule has 0 aliphatic carbocycles. The lowest BCUT2D eigenvalue weighted by molar-refractivity contribution is 0.431. The molecule has 0 fully saturated rings. The first kappa shape index (κ1) is 12.9. The van der Waals surface area contributed by atoms with Gasteiger partial charge in [0.1, 0.15) is 0 Å². The molecule has 0 aliphatic rings. The van der Waals surface area contributed by atoms with Gasteiger partial charge < -0.3 is 5.11 Å². The average Bonchev–Trinajstić information content (AvgIpc) is 2.41. The van der Waals surface area contributed by atoms with Gasteiger partial charge in [0.15, 0.2) is 17.4 Å². The maximum absolute atomic E-state index is 13.3. The number of aromatic hydroxyl groups is 1. The molecule has 0 amide bonds. The van der Waals surface area contributed by atoms with Crippen LogP contribution < -0.4 is 5.01 Å². The molecule has 0 saturated heterocycles. The summed E-state index contributed by atoms with van der Waals surface area (Å²) in [6, 6.07) is 2.91. The minimum atomic E-state index is -0.663. The number of phenolic OH excluding ortho intramolecular Hbond substituents is 1. The third-order valence-corrected chi connectivity index (χ3v) is 2.49. The van der Waals surface area contributed by atoms with Crippen LogP contribution in [0, 0.1) is 12.7 Å². The third-order valence-electron chi connectivity index (χ3n) is 2.49. The van der Waals surface area contributed by atoms with Crippen LogP contribution in [-0.4, -0.2) is 28.3 Å². The van der Waals surface area contributed by atoms with Gasteiger partial charge in [0, 0.05) is 25.0 Å². The lowest BCUT2D eigenvalue weighted by Crippen LogP contribution is -2.10.